The highest BCUT2D eigenvalue weighted by Gasteiger charge is 2.40. The lowest BCUT2D eigenvalue weighted by Gasteiger charge is -2.30. The Balaban J connectivity index is 1.80. The van der Waals surface area contributed by atoms with Crippen LogP contribution in [0.3, 0.4) is 0 Å². The van der Waals surface area contributed by atoms with E-state index in [1.807, 2.05) is 61.7 Å². The molecule has 0 spiro atoms. The number of nitrogens with zero attached hydrogens (tertiary/aromatic N) is 1. The summed E-state index contributed by atoms with van der Waals surface area (Å²) in [6.07, 6.45) is -0.192. The molecule has 1 N–H and O–H groups in total. The molecule has 2 aromatic rings. The van der Waals surface area contributed by atoms with E-state index in [0.29, 0.717) is 13.2 Å². The second-order valence-corrected chi connectivity index (χ2v) is 6.89. The second-order valence-electron chi connectivity index (χ2n) is 5.91. The molecule has 4 nitrogen and oxygen atoms in total. The Bertz CT molecular complexity index is 585. The van der Waals surface area contributed by atoms with E-state index in [9.17, 15) is 5.21 Å². The van der Waals surface area contributed by atoms with Gasteiger partial charge >= 0.3 is 0 Å². The quantitative estimate of drug-likeness (QED) is 0.851. The van der Waals surface area contributed by atoms with Crippen molar-refractivity contribution in [3.05, 3.63) is 58.3 Å². The van der Waals surface area contributed by atoms with Crippen LogP contribution in [-0.4, -0.2) is 28.8 Å². The minimum absolute atomic E-state index is 0.192. The van der Waals surface area contributed by atoms with Crippen LogP contribution in [0.1, 0.15) is 30.3 Å². The second kappa shape index (κ2) is 6.48. The van der Waals surface area contributed by atoms with E-state index in [-0.39, 0.29) is 12.1 Å². The first-order chi connectivity index (χ1) is 10.6. The maximum Gasteiger partial charge on any atom is 0.163 e. The first-order valence-corrected chi connectivity index (χ1v) is 8.28. The van der Waals surface area contributed by atoms with Crippen LogP contribution in [0.25, 0.3) is 0 Å². The minimum atomic E-state index is -0.603. The summed E-state index contributed by atoms with van der Waals surface area (Å²) >= 11 is 1.62. The molecule has 1 aromatic heterocycles. The Morgan fingerprint density at radius 3 is 2.64 bits per heavy atom. The van der Waals surface area contributed by atoms with Gasteiger partial charge < -0.3 is 14.7 Å². The topological polar surface area (TPSA) is 41.9 Å². The van der Waals surface area contributed by atoms with Crippen molar-refractivity contribution in [3.63, 3.8) is 0 Å². The molecule has 22 heavy (non-hydrogen) atoms. The van der Waals surface area contributed by atoms with Crippen molar-refractivity contribution in [2.24, 2.45) is 0 Å². The minimum Gasteiger partial charge on any atom is -0.348 e. The van der Waals surface area contributed by atoms with Gasteiger partial charge in [-0.25, -0.2) is 0 Å². The third-order valence-corrected chi connectivity index (χ3v) is 4.67. The standard InChI is InChI=1S/C17H21NO3S/c1-17(2)20-12-14(21-17)16(15-9-6-10-22-15)18(19)11-13-7-4-3-5-8-13/h3-10,14,16,19H,11-12H2,1-2H3/t14-,16-/m1/s1. The molecular weight excluding hydrogens is 298 g/mol. The van der Waals surface area contributed by atoms with Crippen LogP contribution < -0.4 is 0 Å². The number of hydrogen-bond donors (Lipinski definition) is 1. The Morgan fingerprint density at radius 2 is 2.05 bits per heavy atom. The summed E-state index contributed by atoms with van der Waals surface area (Å²) in [5.74, 6) is -0.603. The van der Waals surface area contributed by atoms with Gasteiger partial charge in [0, 0.05) is 11.4 Å². The monoisotopic (exact) mass is 319 g/mol. The molecule has 118 valence electrons. The zero-order valence-corrected chi connectivity index (χ0v) is 13.6. The van der Waals surface area contributed by atoms with E-state index < -0.39 is 5.79 Å². The molecule has 1 aliphatic heterocycles. The molecule has 0 aliphatic carbocycles. The molecule has 1 aliphatic rings. The van der Waals surface area contributed by atoms with Gasteiger partial charge in [0.05, 0.1) is 12.6 Å². The summed E-state index contributed by atoms with van der Waals surface area (Å²) in [6, 6.07) is 13.7. The zero-order valence-electron chi connectivity index (χ0n) is 12.8. The molecule has 2 heterocycles. The molecule has 0 amide bonds. The fourth-order valence-electron chi connectivity index (χ4n) is 2.72. The van der Waals surface area contributed by atoms with Gasteiger partial charge in [-0.1, -0.05) is 36.4 Å². The molecule has 5 heteroatoms. The van der Waals surface area contributed by atoms with Crippen molar-refractivity contribution < 1.29 is 14.7 Å². The molecule has 0 bridgehead atoms. The summed E-state index contributed by atoms with van der Waals surface area (Å²) in [5, 5.41) is 14.0. The lowest BCUT2D eigenvalue weighted by Crippen LogP contribution is -2.36. The van der Waals surface area contributed by atoms with Crippen LogP contribution in [0.5, 0.6) is 0 Å². The molecule has 1 aromatic carbocycles. The molecule has 0 unspecified atom stereocenters. The fourth-order valence-corrected chi connectivity index (χ4v) is 3.61. The SMILES string of the molecule is CC1(C)OC[C@H]([C@H](c2cccs2)N(O)Cc2ccccc2)O1. The molecule has 0 radical (unpaired) electrons. The summed E-state index contributed by atoms with van der Waals surface area (Å²) < 4.78 is 11.7. The Hall–Kier alpha value is -1.24. The predicted octanol–water partition coefficient (Wildman–Crippen LogP) is 3.83. The molecular formula is C17H21NO3S. The predicted molar refractivity (Wildman–Crippen MR) is 85.7 cm³/mol. The highest BCUT2D eigenvalue weighted by molar-refractivity contribution is 7.10. The number of ether oxygens (including phenoxy) is 2. The number of hydroxylamine groups is 2. The van der Waals surface area contributed by atoms with Crippen LogP contribution >= 0.6 is 11.3 Å². The van der Waals surface area contributed by atoms with E-state index in [4.69, 9.17) is 9.47 Å². The van der Waals surface area contributed by atoms with Gasteiger partial charge in [-0.2, -0.15) is 5.06 Å². The van der Waals surface area contributed by atoms with Crippen molar-refractivity contribution in [1.29, 1.82) is 0 Å². The van der Waals surface area contributed by atoms with E-state index in [1.165, 1.54) is 5.06 Å². The average molecular weight is 319 g/mol. The van der Waals surface area contributed by atoms with E-state index in [1.54, 1.807) is 11.3 Å². The van der Waals surface area contributed by atoms with Gasteiger partial charge in [0.25, 0.3) is 0 Å². The Morgan fingerprint density at radius 1 is 1.27 bits per heavy atom. The highest BCUT2D eigenvalue weighted by atomic mass is 32.1. The maximum absolute atomic E-state index is 10.7. The number of hydrogen-bond acceptors (Lipinski definition) is 5. The normalized spacial score (nSPS) is 22.1. The third kappa shape index (κ3) is 3.56. The Kier molecular flexibility index (Phi) is 4.61. The van der Waals surface area contributed by atoms with Gasteiger partial charge in [-0.3, -0.25) is 0 Å². The molecule has 1 saturated heterocycles. The van der Waals surface area contributed by atoms with E-state index in [2.05, 4.69) is 0 Å². The molecule has 2 atom stereocenters. The summed E-state index contributed by atoms with van der Waals surface area (Å²) in [7, 11) is 0. The lowest BCUT2D eigenvalue weighted by molar-refractivity contribution is -0.190. The Labute approximate surface area is 134 Å². The van der Waals surface area contributed by atoms with Crippen molar-refractivity contribution in [1.82, 2.24) is 5.06 Å². The lowest BCUT2D eigenvalue weighted by atomic mass is 10.1. The maximum atomic E-state index is 10.7. The third-order valence-electron chi connectivity index (χ3n) is 3.73. The summed E-state index contributed by atoms with van der Waals surface area (Å²) in [6.45, 7) is 4.72. The molecule has 3 rings (SSSR count). The smallest absolute Gasteiger partial charge is 0.163 e. The van der Waals surface area contributed by atoms with Crippen LogP contribution in [0.4, 0.5) is 0 Å². The largest absolute Gasteiger partial charge is 0.348 e. The first kappa shape index (κ1) is 15.6. The number of benzene rings is 1. The highest BCUT2D eigenvalue weighted by Crippen LogP contribution is 2.36. The van der Waals surface area contributed by atoms with Crippen LogP contribution in [0.2, 0.25) is 0 Å². The van der Waals surface area contributed by atoms with Crippen LogP contribution in [-0.2, 0) is 16.0 Å². The van der Waals surface area contributed by atoms with Gasteiger partial charge in [0.2, 0.25) is 0 Å². The van der Waals surface area contributed by atoms with E-state index >= 15 is 0 Å². The summed E-state index contributed by atoms with van der Waals surface area (Å²) in [5.41, 5.74) is 1.06. The van der Waals surface area contributed by atoms with Gasteiger partial charge in [-0.15, -0.1) is 11.3 Å². The van der Waals surface area contributed by atoms with Gasteiger partial charge in [0.1, 0.15) is 6.10 Å². The van der Waals surface area contributed by atoms with Gasteiger partial charge in [-0.05, 0) is 30.9 Å². The van der Waals surface area contributed by atoms with Crippen molar-refractivity contribution in [2.45, 2.75) is 38.3 Å². The fraction of sp³-hybridized carbons (Fsp3) is 0.412. The van der Waals surface area contributed by atoms with Crippen molar-refractivity contribution in [3.8, 4) is 0 Å². The number of rotatable bonds is 5. The first-order valence-electron chi connectivity index (χ1n) is 7.40. The van der Waals surface area contributed by atoms with Crippen molar-refractivity contribution in [2.75, 3.05) is 6.61 Å². The zero-order chi connectivity index (χ0) is 15.6. The van der Waals surface area contributed by atoms with Crippen LogP contribution in [0.15, 0.2) is 47.8 Å². The van der Waals surface area contributed by atoms with E-state index in [0.717, 1.165) is 10.4 Å². The molecule has 1 fully saturated rings. The van der Waals surface area contributed by atoms with Crippen molar-refractivity contribution >= 4 is 11.3 Å². The van der Waals surface area contributed by atoms with Crippen LogP contribution in [0, 0.1) is 0 Å². The average Bonchev–Trinajstić information content (AvgIpc) is 3.11. The summed E-state index contributed by atoms with van der Waals surface area (Å²) in [4.78, 5) is 1.07. The van der Waals surface area contributed by atoms with Gasteiger partial charge in [0.15, 0.2) is 5.79 Å². The number of thiophene rings is 1. The molecule has 0 saturated carbocycles.